The van der Waals surface area contributed by atoms with Gasteiger partial charge in [-0.1, -0.05) is 6.07 Å². The van der Waals surface area contributed by atoms with E-state index in [0.717, 1.165) is 24.4 Å². The van der Waals surface area contributed by atoms with Gasteiger partial charge in [0.2, 0.25) is 0 Å². The van der Waals surface area contributed by atoms with Crippen molar-refractivity contribution in [3.63, 3.8) is 0 Å². The van der Waals surface area contributed by atoms with Crippen molar-refractivity contribution in [3.05, 3.63) is 29.6 Å². The molecule has 1 fully saturated rings. The lowest BCUT2D eigenvalue weighted by Crippen LogP contribution is -2.37. The number of nitrogens with zero attached hydrogens (tertiary/aromatic N) is 2. The van der Waals surface area contributed by atoms with Gasteiger partial charge in [0.25, 0.3) is 0 Å². The number of ether oxygens (including phenoxy) is 1. The van der Waals surface area contributed by atoms with E-state index in [1.807, 2.05) is 13.0 Å². The topological polar surface area (TPSA) is 64.3 Å². The van der Waals surface area contributed by atoms with Crippen LogP contribution >= 0.6 is 0 Å². The average molecular weight is 274 g/mol. The summed E-state index contributed by atoms with van der Waals surface area (Å²) >= 11 is 0. The lowest BCUT2D eigenvalue weighted by Gasteiger charge is -2.31. The molecule has 1 saturated heterocycles. The Morgan fingerprint density at radius 3 is 2.90 bits per heavy atom. The van der Waals surface area contributed by atoms with Crippen molar-refractivity contribution in [3.8, 4) is 0 Å². The summed E-state index contributed by atoms with van der Waals surface area (Å²) in [5.41, 5.74) is 1.48. The maximum atomic E-state index is 11.3. The molecule has 1 aliphatic heterocycles. The lowest BCUT2D eigenvalue weighted by atomic mass is 9.93. The normalized spacial score (nSPS) is 26.2. The molecule has 1 aliphatic rings. The Kier molecular flexibility index (Phi) is 2.83. The number of carbonyl (C=O) groups is 1. The van der Waals surface area contributed by atoms with Crippen molar-refractivity contribution in [2.24, 2.45) is 0 Å². The molecule has 5 nitrogen and oxygen atoms in total. The zero-order valence-corrected chi connectivity index (χ0v) is 11.9. The standard InChI is InChI=1S/C15H18N2O3/c1-9-15(3,7-8-20-9)17-10(2)16-13-11(14(18)19)5-4-6-12(13)17/h4-6,9H,7-8H2,1-3H3,(H,18,19). The molecule has 1 aromatic heterocycles. The number of aryl methyl sites for hydroxylation is 1. The number of rotatable bonds is 2. The minimum Gasteiger partial charge on any atom is -0.478 e. The van der Waals surface area contributed by atoms with Crippen molar-refractivity contribution in [2.45, 2.75) is 38.8 Å². The second-order valence-corrected chi connectivity index (χ2v) is 5.59. The Balaban J connectivity index is 2.30. The van der Waals surface area contributed by atoms with Crippen LogP contribution < -0.4 is 0 Å². The van der Waals surface area contributed by atoms with Gasteiger partial charge in [-0.3, -0.25) is 0 Å². The summed E-state index contributed by atoms with van der Waals surface area (Å²) in [4.78, 5) is 15.8. The molecule has 1 aromatic carbocycles. The van der Waals surface area contributed by atoms with E-state index in [1.54, 1.807) is 12.1 Å². The summed E-state index contributed by atoms with van der Waals surface area (Å²) in [6, 6.07) is 5.30. The van der Waals surface area contributed by atoms with E-state index in [0.29, 0.717) is 5.52 Å². The third-order valence-electron chi connectivity index (χ3n) is 4.45. The van der Waals surface area contributed by atoms with Crippen molar-refractivity contribution in [1.82, 2.24) is 9.55 Å². The number of carboxylic acid groups (broad SMARTS) is 1. The van der Waals surface area contributed by atoms with E-state index >= 15 is 0 Å². The van der Waals surface area contributed by atoms with Gasteiger partial charge in [0.1, 0.15) is 11.3 Å². The van der Waals surface area contributed by atoms with Crippen LogP contribution in [0, 0.1) is 6.92 Å². The second kappa shape index (κ2) is 4.31. The molecule has 20 heavy (non-hydrogen) atoms. The number of fused-ring (bicyclic) bond motifs is 1. The molecule has 5 heteroatoms. The van der Waals surface area contributed by atoms with Gasteiger partial charge in [-0.15, -0.1) is 0 Å². The first kappa shape index (κ1) is 13.1. The van der Waals surface area contributed by atoms with Crippen LogP contribution in [0.1, 0.15) is 36.5 Å². The predicted molar refractivity (Wildman–Crippen MR) is 75.1 cm³/mol. The van der Waals surface area contributed by atoms with Crippen molar-refractivity contribution in [2.75, 3.05) is 6.61 Å². The number of imidazole rings is 1. The summed E-state index contributed by atoms with van der Waals surface area (Å²) in [6.45, 7) is 6.84. The second-order valence-electron chi connectivity index (χ2n) is 5.59. The van der Waals surface area contributed by atoms with Crippen LogP contribution in [0.5, 0.6) is 0 Å². The Labute approximate surface area is 117 Å². The number of aromatic carboxylic acids is 1. The molecule has 0 spiro atoms. The van der Waals surface area contributed by atoms with Crippen LogP contribution in [-0.2, 0) is 10.3 Å². The van der Waals surface area contributed by atoms with Crippen LogP contribution in [-0.4, -0.2) is 33.3 Å². The van der Waals surface area contributed by atoms with E-state index in [4.69, 9.17) is 4.74 Å². The molecule has 2 aromatic rings. The zero-order valence-electron chi connectivity index (χ0n) is 11.9. The number of hydrogen-bond donors (Lipinski definition) is 1. The summed E-state index contributed by atoms with van der Waals surface area (Å²) < 4.78 is 7.84. The SMILES string of the molecule is Cc1nc2c(C(=O)O)cccc2n1C1(C)CCOC1C. The molecule has 3 rings (SSSR count). The van der Waals surface area contributed by atoms with Gasteiger partial charge in [-0.25, -0.2) is 9.78 Å². The number of para-hydroxylation sites is 1. The van der Waals surface area contributed by atoms with E-state index < -0.39 is 5.97 Å². The van der Waals surface area contributed by atoms with E-state index in [9.17, 15) is 9.90 Å². The fourth-order valence-electron chi connectivity index (χ4n) is 3.15. The first-order valence-electron chi connectivity index (χ1n) is 6.78. The van der Waals surface area contributed by atoms with Crippen molar-refractivity contribution < 1.29 is 14.6 Å². The smallest absolute Gasteiger partial charge is 0.337 e. The Hall–Kier alpha value is -1.88. The molecule has 0 aliphatic carbocycles. The fraction of sp³-hybridized carbons (Fsp3) is 0.467. The lowest BCUT2D eigenvalue weighted by molar-refractivity contribution is 0.0699. The molecule has 2 atom stereocenters. The third kappa shape index (κ3) is 1.66. The monoisotopic (exact) mass is 274 g/mol. The number of aromatic nitrogens is 2. The summed E-state index contributed by atoms with van der Waals surface area (Å²) in [6.07, 6.45) is 0.977. The summed E-state index contributed by atoms with van der Waals surface area (Å²) in [7, 11) is 0. The molecule has 0 amide bonds. The van der Waals surface area contributed by atoms with Gasteiger partial charge in [0, 0.05) is 6.61 Å². The minimum absolute atomic E-state index is 0.0760. The molecular weight excluding hydrogens is 256 g/mol. The molecule has 2 unspecified atom stereocenters. The van der Waals surface area contributed by atoms with Gasteiger partial charge >= 0.3 is 5.97 Å². The van der Waals surface area contributed by atoms with Crippen LogP contribution in [0.3, 0.4) is 0 Å². The molecule has 0 radical (unpaired) electrons. The predicted octanol–water partition coefficient (Wildman–Crippen LogP) is 2.57. The molecule has 2 heterocycles. The number of benzene rings is 1. The maximum absolute atomic E-state index is 11.3. The van der Waals surface area contributed by atoms with E-state index in [1.165, 1.54) is 0 Å². The van der Waals surface area contributed by atoms with Crippen LogP contribution in [0.4, 0.5) is 0 Å². The van der Waals surface area contributed by atoms with Crippen LogP contribution in [0.2, 0.25) is 0 Å². The fourth-order valence-corrected chi connectivity index (χ4v) is 3.15. The van der Waals surface area contributed by atoms with Gasteiger partial charge in [-0.05, 0) is 39.3 Å². The zero-order chi connectivity index (χ0) is 14.5. The number of carboxylic acids is 1. The van der Waals surface area contributed by atoms with E-state index in [-0.39, 0.29) is 17.2 Å². The summed E-state index contributed by atoms with van der Waals surface area (Å²) in [5.74, 6) is -0.116. The quantitative estimate of drug-likeness (QED) is 0.914. The largest absolute Gasteiger partial charge is 0.478 e. The summed E-state index contributed by atoms with van der Waals surface area (Å²) in [5, 5.41) is 9.29. The van der Waals surface area contributed by atoms with Crippen molar-refractivity contribution >= 4 is 17.0 Å². The highest BCUT2D eigenvalue weighted by atomic mass is 16.5. The molecule has 106 valence electrons. The van der Waals surface area contributed by atoms with Crippen LogP contribution in [0.15, 0.2) is 18.2 Å². The van der Waals surface area contributed by atoms with Crippen LogP contribution in [0.25, 0.3) is 11.0 Å². The van der Waals surface area contributed by atoms with Gasteiger partial charge in [0.15, 0.2) is 0 Å². The molecule has 0 saturated carbocycles. The van der Waals surface area contributed by atoms with Gasteiger partial charge < -0.3 is 14.4 Å². The molecule has 0 bridgehead atoms. The van der Waals surface area contributed by atoms with Gasteiger partial charge in [-0.2, -0.15) is 0 Å². The third-order valence-corrected chi connectivity index (χ3v) is 4.45. The molecule has 1 N–H and O–H groups in total. The Bertz CT molecular complexity index is 692. The Morgan fingerprint density at radius 2 is 2.30 bits per heavy atom. The number of hydrogen-bond acceptors (Lipinski definition) is 3. The first-order valence-corrected chi connectivity index (χ1v) is 6.78. The highest BCUT2D eigenvalue weighted by molar-refractivity contribution is 6.01. The average Bonchev–Trinajstić information content (AvgIpc) is 2.89. The van der Waals surface area contributed by atoms with E-state index in [2.05, 4.69) is 23.4 Å². The first-order chi connectivity index (χ1) is 9.45. The highest BCUT2D eigenvalue weighted by Crippen LogP contribution is 2.37. The molecular formula is C15H18N2O3. The highest BCUT2D eigenvalue weighted by Gasteiger charge is 2.40. The minimum atomic E-state index is -0.943. The maximum Gasteiger partial charge on any atom is 0.337 e. The Morgan fingerprint density at radius 1 is 1.55 bits per heavy atom. The van der Waals surface area contributed by atoms with Crippen molar-refractivity contribution in [1.29, 1.82) is 0 Å². The van der Waals surface area contributed by atoms with Gasteiger partial charge in [0.05, 0.1) is 22.7 Å².